The number of nitriles is 1. The number of aromatic nitrogens is 2. The van der Waals surface area contributed by atoms with Crippen LogP contribution in [0.25, 0.3) is 0 Å². The number of nitrogens with zero attached hydrogens (tertiary/aromatic N) is 3. The summed E-state index contributed by atoms with van der Waals surface area (Å²) in [5, 5.41) is 24.2. The van der Waals surface area contributed by atoms with Gasteiger partial charge in [0.05, 0.1) is 23.4 Å². The van der Waals surface area contributed by atoms with Crippen LogP contribution in [0.3, 0.4) is 0 Å². The topological polar surface area (TPSA) is 78.9 Å². The van der Waals surface area contributed by atoms with Gasteiger partial charge < -0.3 is 5.11 Å². The first kappa shape index (κ1) is 23.1. The molecule has 0 radical (unpaired) electrons. The maximum Gasteiger partial charge on any atom is 0.158 e. The summed E-state index contributed by atoms with van der Waals surface area (Å²) < 4.78 is 1.70. The van der Waals surface area contributed by atoms with E-state index in [0.29, 0.717) is 35.4 Å². The van der Waals surface area contributed by atoms with Gasteiger partial charge in [0, 0.05) is 12.1 Å². The molecule has 7 atom stereocenters. The molecule has 0 aliphatic heterocycles. The van der Waals surface area contributed by atoms with Crippen LogP contribution in [0.4, 0.5) is 0 Å². The Labute approximate surface area is 198 Å². The fourth-order valence-electron chi connectivity index (χ4n) is 8.88. The minimum absolute atomic E-state index is 0.113. The SMILES string of the molecule is CCC[C@H]1[C@@H]2[C@@H]3C[C@@H]3[C@H](C(=O)Cn3cc(C#N)c(C)n3)[C@@]2(C)CC[C@@H]1C1CCC(C)(O)CC1. The van der Waals surface area contributed by atoms with Crippen LogP contribution in [-0.4, -0.2) is 26.3 Å². The maximum atomic E-state index is 13.7. The van der Waals surface area contributed by atoms with Gasteiger partial charge in [-0.05, 0) is 99.7 Å². The minimum atomic E-state index is -0.470. The predicted molar refractivity (Wildman–Crippen MR) is 127 cm³/mol. The van der Waals surface area contributed by atoms with Crippen molar-refractivity contribution >= 4 is 5.78 Å². The highest BCUT2D eigenvalue weighted by atomic mass is 16.3. The van der Waals surface area contributed by atoms with E-state index in [9.17, 15) is 15.2 Å². The third-order valence-corrected chi connectivity index (χ3v) is 10.3. The number of aryl methyl sites for hydroxylation is 1. The van der Waals surface area contributed by atoms with Crippen molar-refractivity contribution in [2.24, 2.45) is 46.8 Å². The molecule has 4 aliphatic carbocycles. The van der Waals surface area contributed by atoms with Crippen molar-refractivity contribution in [3.05, 3.63) is 17.5 Å². The molecule has 0 amide bonds. The number of ketones is 1. The van der Waals surface area contributed by atoms with Crippen molar-refractivity contribution in [1.29, 1.82) is 5.26 Å². The minimum Gasteiger partial charge on any atom is -0.390 e. The van der Waals surface area contributed by atoms with E-state index < -0.39 is 5.60 Å². The molecule has 5 rings (SSSR count). The molecule has 5 nitrogen and oxygen atoms in total. The highest BCUT2D eigenvalue weighted by Gasteiger charge is 2.70. The monoisotopic (exact) mass is 451 g/mol. The highest BCUT2D eigenvalue weighted by Crippen LogP contribution is 2.73. The first-order valence-corrected chi connectivity index (χ1v) is 13.4. The largest absolute Gasteiger partial charge is 0.390 e. The lowest BCUT2D eigenvalue weighted by Gasteiger charge is -2.53. The molecule has 4 saturated carbocycles. The summed E-state index contributed by atoms with van der Waals surface area (Å²) in [6.45, 7) is 8.91. The number of carbonyl (C=O) groups excluding carboxylic acids is 1. The van der Waals surface area contributed by atoms with Crippen LogP contribution in [0.15, 0.2) is 6.20 Å². The summed E-state index contributed by atoms with van der Waals surface area (Å²) in [4.78, 5) is 13.7. The van der Waals surface area contributed by atoms with E-state index in [1.165, 1.54) is 32.1 Å². The van der Waals surface area contributed by atoms with E-state index in [2.05, 4.69) is 25.0 Å². The van der Waals surface area contributed by atoms with E-state index in [1.54, 1.807) is 10.9 Å². The lowest BCUT2D eigenvalue weighted by molar-refractivity contribution is -0.132. The average Bonchev–Trinajstić information content (AvgIpc) is 3.34. The normalized spacial score (nSPS) is 44.1. The Balaban J connectivity index is 1.36. The lowest BCUT2D eigenvalue weighted by atomic mass is 9.51. The van der Waals surface area contributed by atoms with Crippen molar-refractivity contribution in [3.8, 4) is 6.07 Å². The Morgan fingerprint density at radius 2 is 1.94 bits per heavy atom. The summed E-state index contributed by atoms with van der Waals surface area (Å²) in [7, 11) is 0. The molecule has 1 aromatic rings. The van der Waals surface area contributed by atoms with Crippen LogP contribution in [0.2, 0.25) is 0 Å². The summed E-state index contributed by atoms with van der Waals surface area (Å²) in [5.74, 6) is 4.68. The van der Waals surface area contributed by atoms with Crippen molar-refractivity contribution in [3.63, 3.8) is 0 Å². The Morgan fingerprint density at radius 1 is 1.21 bits per heavy atom. The first-order valence-electron chi connectivity index (χ1n) is 13.4. The van der Waals surface area contributed by atoms with Crippen LogP contribution in [-0.2, 0) is 11.3 Å². The number of carbonyl (C=O) groups is 1. The van der Waals surface area contributed by atoms with Crippen LogP contribution >= 0.6 is 0 Å². The Hall–Kier alpha value is -1.67. The van der Waals surface area contributed by atoms with Crippen molar-refractivity contribution < 1.29 is 9.90 Å². The molecule has 5 heteroatoms. The van der Waals surface area contributed by atoms with Crippen molar-refractivity contribution in [2.75, 3.05) is 0 Å². The number of hydrogen-bond acceptors (Lipinski definition) is 4. The second-order valence-corrected chi connectivity index (χ2v) is 12.5. The van der Waals surface area contributed by atoms with Crippen LogP contribution in [0.1, 0.15) is 89.8 Å². The predicted octanol–water partition coefficient (Wildman–Crippen LogP) is 5.29. The Bertz CT molecular complexity index is 949. The Morgan fingerprint density at radius 3 is 2.58 bits per heavy atom. The van der Waals surface area contributed by atoms with Crippen LogP contribution in [0.5, 0.6) is 0 Å². The van der Waals surface area contributed by atoms with Crippen molar-refractivity contribution in [1.82, 2.24) is 9.78 Å². The third kappa shape index (κ3) is 3.87. The number of aliphatic hydroxyl groups is 1. The molecule has 4 fully saturated rings. The zero-order valence-corrected chi connectivity index (χ0v) is 20.9. The smallest absolute Gasteiger partial charge is 0.158 e. The van der Waals surface area contributed by atoms with E-state index in [4.69, 9.17) is 0 Å². The van der Waals surface area contributed by atoms with E-state index in [-0.39, 0.29) is 11.3 Å². The van der Waals surface area contributed by atoms with Gasteiger partial charge in [-0.3, -0.25) is 9.48 Å². The second-order valence-electron chi connectivity index (χ2n) is 12.5. The maximum absolute atomic E-state index is 13.7. The average molecular weight is 452 g/mol. The molecule has 0 unspecified atom stereocenters. The summed E-state index contributed by atoms with van der Waals surface area (Å²) in [5.41, 5.74) is 0.919. The fraction of sp³-hybridized carbons (Fsp3) is 0.821. The number of fused-ring (bicyclic) bond motifs is 3. The summed E-state index contributed by atoms with van der Waals surface area (Å²) in [6, 6.07) is 2.18. The molecule has 33 heavy (non-hydrogen) atoms. The van der Waals surface area contributed by atoms with E-state index in [0.717, 1.165) is 49.4 Å². The lowest BCUT2D eigenvalue weighted by Crippen LogP contribution is -2.48. The van der Waals surface area contributed by atoms with E-state index >= 15 is 0 Å². The van der Waals surface area contributed by atoms with Gasteiger partial charge in [0.1, 0.15) is 6.07 Å². The first-order chi connectivity index (χ1) is 15.7. The van der Waals surface area contributed by atoms with Gasteiger partial charge in [-0.1, -0.05) is 26.7 Å². The standard InChI is InChI=1S/C28H41N3O2/c1-5-6-21-20(18-7-10-27(3,33)11-8-18)9-12-28(4)25(21)22-13-23(22)26(28)24(32)16-31-15-19(14-29)17(2)30-31/h15,18,20-23,25-26,33H,5-13,16H2,1-4H3/t18?,20-,21-,22-,23+,25-,26-,27?,28+/m1/s1. The molecule has 1 heterocycles. The second kappa shape index (κ2) is 8.22. The highest BCUT2D eigenvalue weighted by molar-refractivity contribution is 5.83. The number of rotatable bonds is 6. The molecule has 1 aromatic heterocycles. The molecule has 0 spiro atoms. The van der Waals surface area contributed by atoms with Gasteiger partial charge in [0.15, 0.2) is 5.78 Å². The number of Topliss-reactive ketones (excluding diaryl/α,β-unsaturated/α-hetero) is 1. The molecular formula is C28H41N3O2. The number of hydrogen-bond donors (Lipinski definition) is 1. The molecule has 180 valence electrons. The zero-order chi connectivity index (χ0) is 23.5. The molecule has 4 aliphatic rings. The van der Waals surface area contributed by atoms with Gasteiger partial charge >= 0.3 is 0 Å². The van der Waals surface area contributed by atoms with Gasteiger partial charge in [0.25, 0.3) is 0 Å². The van der Waals surface area contributed by atoms with Crippen LogP contribution < -0.4 is 0 Å². The van der Waals surface area contributed by atoms with Crippen molar-refractivity contribution in [2.45, 2.75) is 97.6 Å². The van der Waals surface area contributed by atoms with Gasteiger partial charge in [-0.25, -0.2) is 0 Å². The molecule has 0 saturated heterocycles. The Kier molecular flexibility index (Phi) is 5.75. The fourth-order valence-corrected chi connectivity index (χ4v) is 8.88. The quantitative estimate of drug-likeness (QED) is 0.637. The van der Waals surface area contributed by atoms with Gasteiger partial charge in [-0.15, -0.1) is 0 Å². The summed E-state index contributed by atoms with van der Waals surface area (Å²) in [6.07, 6.45) is 12.1. The molecule has 0 aromatic carbocycles. The zero-order valence-electron chi connectivity index (χ0n) is 20.9. The van der Waals surface area contributed by atoms with Gasteiger partial charge in [0.2, 0.25) is 0 Å². The summed E-state index contributed by atoms with van der Waals surface area (Å²) >= 11 is 0. The third-order valence-electron chi connectivity index (χ3n) is 10.3. The van der Waals surface area contributed by atoms with Gasteiger partial charge in [-0.2, -0.15) is 10.4 Å². The molecule has 0 bridgehead atoms. The van der Waals surface area contributed by atoms with Crippen LogP contribution in [0, 0.1) is 65.1 Å². The molecular weight excluding hydrogens is 410 g/mol. The molecule has 1 N–H and O–H groups in total. The van der Waals surface area contributed by atoms with E-state index in [1.807, 2.05) is 13.8 Å².